The molecule has 0 aliphatic heterocycles. The Balaban J connectivity index is 4.43. The summed E-state index contributed by atoms with van der Waals surface area (Å²) < 4.78 is 16.8. The second-order valence-electron chi connectivity index (χ2n) is 18.2. The highest BCUT2D eigenvalue weighted by Crippen LogP contribution is 2.16. The molecule has 0 aromatic rings. The number of rotatable bonds is 49. The van der Waals surface area contributed by atoms with Crippen molar-refractivity contribution in [2.45, 2.75) is 271 Å². The second-order valence-corrected chi connectivity index (χ2v) is 18.2. The number of hydrogen-bond donors (Lipinski definition) is 0. The van der Waals surface area contributed by atoms with Crippen LogP contribution in [0.5, 0.6) is 0 Å². The molecule has 0 saturated carbocycles. The molecule has 0 aromatic heterocycles. The van der Waals surface area contributed by atoms with Gasteiger partial charge in [-0.15, -0.1) is 0 Å². The Morgan fingerprint density at radius 3 is 0.969 bits per heavy atom. The summed E-state index contributed by atoms with van der Waals surface area (Å²) in [6.45, 7) is 6.45. The van der Waals surface area contributed by atoms with Crippen LogP contribution in [0.15, 0.2) is 72.9 Å². The van der Waals surface area contributed by atoms with Gasteiger partial charge in [-0.1, -0.05) is 254 Å². The highest BCUT2D eigenvalue weighted by atomic mass is 16.6. The van der Waals surface area contributed by atoms with E-state index in [1.165, 1.54) is 141 Å². The first-order valence-electron chi connectivity index (χ1n) is 27.5. The minimum absolute atomic E-state index is 0.0970. The smallest absolute Gasteiger partial charge is 0.306 e. The van der Waals surface area contributed by atoms with E-state index in [4.69, 9.17) is 14.2 Å². The summed E-state index contributed by atoms with van der Waals surface area (Å²) in [7, 11) is 0. The molecule has 0 amide bonds. The van der Waals surface area contributed by atoms with E-state index in [0.717, 1.165) is 83.5 Å². The van der Waals surface area contributed by atoms with E-state index in [2.05, 4.69) is 57.2 Å². The third kappa shape index (κ3) is 51.7. The quantitative estimate of drug-likeness (QED) is 0.0262. The van der Waals surface area contributed by atoms with Gasteiger partial charge in [0.05, 0.1) is 0 Å². The summed E-state index contributed by atoms with van der Waals surface area (Å²) in [5.41, 5.74) is 0. The summed E-state index contributed by atoms with van der Waals surface area (Å²) in [5.74, 6) is -0.958. The van der Waals surface area contributed by atoms with Crippen molar-refractivity contribution >= 4 is 17.9 Å². The molecule has 65 heavy (non-hydrogen) atoms. The fourth-order valence-electron chi connectivity index (χ4n) is 7.68. The Morgan fingerprint density at radius 1 is 0.323 bits per heavy atom. The van der Waals surface area contributed by atoms with Crippen molar-refractivity contribution < 1.29 is 28.6 Å². The van der Waals surface area contributed by atoms with E-state index in [0.29, 0.717) is 12.8 Å². The number of ether oxygens (including phenoxy) is 3. The summed E-state index contributed by atoms with van der Waals surface area (Å²) in [5, 5.41) is 0. The van der Waals surface area contributed by atoms with E-state index in [1.54, 1.807) is 0 Å². The normalized spacial score (nSPS) is 12.6. The van der Waals surface area contributed by atoms with Gasteiger partial charge in [0.1, 0.15) is 13.2 Å². The van der Waals surface area contributed by atoms with Crippen molar-refractivity contribution in [3.8, 4) is 0 Å². The van der Waals surface area contributed by atoms with E-state index >= 15 is 0 Å². The zero-order chi connectivity index (χ0) is 47.2. The number of carbonyl (C=O) groups excluding carboxylic acids is 3. The molecule has 1 atom stereocenters. The number of unbranched alkanes of at least 4 members (excludes halogenated alkanes) is 30. The third-order valence-electron chi connectivity index (χ3n) is 11.8. The molecule has 0 aliphatic rings. The Labute approximate surface area is 402 Å². The first-order valence-corrected chi connectivity index (χ1v) is 27.5. The van der Waals surface area contributed by atoms with Crippen molar-refractivity contribution in [1.29, 1.82) is 0 Å². The first kappa shape index (κ1) is 61.9. The van der Waals surface area contributed by atoms with Crippen molar-refractivity contribution in [1.82, 2.24) is 0 Å². The summed E-state index contributed by atoms with van der Waals surface area (Å²) >= 11 is 0. The maximum absolute atomic E-state index is 12.8. The second kappa shape index (κ2) is 53.5. The van der Waals surface area contributed by atoms with Crippen molar-refractivity contribution in [2.75, 3.05) is 13.2 Å². The van der Waals surface area contributed by atoms with E-state index in [-0.39, 0.29) is 37.5 Å². The van der Waals surface area contributed by atoms with Gasteiger partial charge in [-0.2, -0.15) is 0 Å². The topological polar surface area (TPSA) is 78.9 Å². The molecule has 0 spiro atoms. The van der Waals surface area contributed by atoms with Crippen LogP contribution in [0.25, 0.3) is 0 Å². The van der Waals surface area contributed by atoms with Gasteiger partial charge in [-0.05, 0) is 64.2 Å². The molecule has 0 rings (SSSR count). The molecule has 0 fully saturated rings. The molecular weight excluding hydrogens is 805 g/mol. The van der Waals surface area contributed by atoms with Gasteiger partial charge in [0.2, 0.25) is 0 Å². The number of hydrogen-bond acceptors (Lipinski definition) is 6. The van der Waals surface area contributed by atoms with E-state index in [9.17, 15) is 14.4 Å². The number of allylic oxidation sites excluding steroid dienone is 12. The van der Waals surface area contributed by atoms with Crippen LogP contribution in [0.1, 0.15) is 265 Å². The lowest BCUT2D eigenvalue weighted by molar-refractivity contribution is -0.167. The van der Waals surface area contributed by atoms with Gasteiger partial charge in [-0.25, -0.2) is 0 Å². The molecule has 1 unspecified atom stereocenters. The fourth-order valence-corrected chi connectivity index (χ4v) is 7.68. The van der Waals surface area contributed by atoms with Crippen LogP contribution in [-0.2, 0) is 28.6 Å². The molecule has 0 saturated heterocycles. The van der Waals surface area contributed by atoms with Crippen LogP contribution < -0.4 is 0 Å². The van der Waals surface area contributed by atoms with Gasteiger partial charge in [0.25, 0.3) is 0 Å². The van der Waals surface area contributed by atoms with Gasteiger partial charge in [0, 0.05) is 19.3 Å². The summed E-state index contributed by atoms with van der Waals surface area (Å²) in [4.78, 5) is 38.0. The Bertz CT molecular complexity index is 1230. The Morgan fingerprint density at radius 2 is 0.600 bits per heavy atom. The summed E-state index contributed by atoms with van der Waals surface area (Å²) in [6, 6.07) is 0. The predicted octanol–water partition coefficient (Wildman–Crippen LogP) is 18.2. The summed E-state index contributed by atoms with van der Waals surface area (Å²) in [6.07, 6.45) is 67.5. The maximum atomic E-state index is 12.8. The molecular formula is C59H102O6. The predicted molar refractivity (Wildman–Crippen MR) is 279 cm³/mol. The van der Waals surface area contributed by atoms with E-state index in [1.807, 2.05) is 36.5 Å². The molecule has 0 bridgehead atoms. The average Bonchev–Trinajstić information content (AvgIpc) is 3.30. The van der Waals surface area contributed by atoms with Crippen LogP contribution in [0.4, 0.5) is 0 Å². The first-order chi connectivity index (χ1) is 32.0. The standard InChI is InChI=1S/C59H102O6/c1-4-7-10-13-16-19-22-25-27-29-30-32-34-37-40-43-46-49-52-58(61)64-55-56(54-63-57(60)51-48-45-42-39-36-33-24-21-18-15-12-9-6-3)65-59(62)53-50-47-44-41-38-35-31-28-26-23-20-17-14-11-8-5-2/h9,12,15,18,21,24,28,31,33,35-36,38,56H,4-8,10-11,13-14,16-17,19-20,22-23,25-27,29-30,32,34,37,39-55H2,1-3H3/b12-9-,18-15-,24-21-,31-28-,36-33-,38-35-. The largest absolute Gasteiger partial charge is 0.462 e. The lowest BCUT2D eigenvalue weighted by Crippen LogP contribution is -2.30. The molecule has 6 heteroatoms. The van der Waals surface area contributed by atoms with Gasteiger partial charge >= 0.3 is 17.9 Å². The molecule has 0 N–H and O–H groups in total. The lowest BCUT2D eigenvalue weighted by Gasteiger charge is -2.18. The van der Waals surface area contributed by atoms with Crippen molar-refractivity contribution in [2.24, 2.45) is 0 Å². The third-order valence-corrected chi connectivity index (χ3v) is 11.8. The molecule has 374 valence electrons. The molecule has 0 aliphatic carbocycles. The van der Waals surface area contributed by atoms with Crippen LogP contribution in [0.2, 0.25) is 0 Å². The van der Waals surface area contributed by atoms with Gasteiger partial charge in [0.15, 0.2) is 6.10 Å². The van der Waals surface area contributed by atoms with Gasteiger partial charge < -0.3 is 14.2 Å². The fraction of sp³-hybridized carbons (Fsp3) is 0.746. The molecule has 0 heterocycles. The highest BCUT2D eigenvalue weighted by Gasteiger charge is 2.19. The van der Waals surface area contributed by atoms with Crippen LogP contribution in [0.3, 0.4) is 0 Å². The Hall–Kier alpha value is -3.15. The van der Waals surface area contributed by atoms with Crippen LogP contribution >= 0.6 is 0 Å². The molecule has 6 nitrogen and oxygen atoms in total. The average molecular weight is 907 g/mol. The number of carbonyl (C=O) groups is 3. The van der Waals surface area contributed by atoms with Crippen LogP contribution in [-0.4, -0.2) is 37.2 Å². The highest BCUT2D eigenvalue weighted by molar-refractivity contribution is 5.71. The monoisotopic (exact) mass is 907 g/mol. The Kier molecular flexibility index (Phi) is 50.9. The van der Waals surface area contributed by atoms with Crippen LogP contribution in [0, 0.1) is 0 Å². The van der Waals surface area contributed by atoms with Crippen molar-refractivity contribution in [3.63, 3.8) is 0 Å². The zero-order valence-electron chi connectivity index (χ0n) is 42.7. The van der Waals surface area contributed by atoms with Gasteiger partial charge in [-0.3, -0.25) is 14.4 Å². The minimum atomic E-state index is -0.804. The molecule has 0 aromatic carbocycles. The SMILES string of the molecule is CC\C=C/C=C\C=C/C=C\CCCCCC(=O)OCC(COC(=O)CCCCCCCCCCCCCCCCCCCC)OC(=O)CCCCC/C=C\C=C/CCCCCCCCC. The lowest BCUT2D eigenvalue weighted by atomic mass is 10.0. The maximum Gasteiger partial charge on any atom is 0.306 e. The minimum Gasteiger partial charge on any atom is -0.462 e. The molecule has 0 radical (unpaired) electrons. The van der Waals surface area contributed by atoms with Crippen molar-refractivity contribution in [3.05, 3.63) is 72.9 Å². The van der Waals surface area contributed by atoms with E-state index < -0.39 is 6.10 Å². The zero-order valence-corrected chi connectivity index (χ0v) is 42.7. The number of esters is 3.